The molecular weight excluding hydrogens is 547 g/mol. The van der Waals surface area contributed by atoms with E-state index in [2.05, 4.69) is 5.32 Å². The van der Waals surface area contributed by atoms with E-state index in [0.29, 0.717) is 18.9 Å². The number of carbonyl (C=O) groups excluding carboxylic acids is 1. The molecule has 3 atom stereocenters. The number of hydrogen-bond donors (Lipinski definition) is 2. The van der Waals surface area contributed by atoms with Crippen molar-refractivity contribution in [2.45, 2.75) is 58.5 Å². The molecule has 2 aromatic rings. The molecule has 0 heterocycles. The number of amides is 1. The van der Waals surface area contributed by atoms with Gasteiger partial charge in [-0.3, -0.25) is 4.79 Å². The molecule has 2 fully saturated rings. The van der Waals surface area contributed by atoms with Crippen molar-refractivity contribution in [3.05, 3.63) is 48.0 Å². The van der Waals surface area contributed by atoms with Gasteiger partial charge in [-0.2, -0.15) is 18.4 Å². The standard InChI is InChI=1S/C24H24F3N3O6S2/c1-36-20-12-17(11-18(20)22(31)30-23(13-28)8-9-23)37(32,33)21-7-4-15(10-19(21)24(25,26)27)14-2-5-16(6-3-14)38(29,34)35/h2-7,10,17-18,20H,8-9,11-12H2,1H3,(H,30,31)(H2,29,34,35)/t17-,18-,20-/m1/s1. The Bertz CT molecular complexity index is 1510. The zero-order valence-corrected chi connectivity index (χ0v) is 21.7. The number of halogens is 3. The smallest absolute Gasteiger partial charge is 0.381 e. The molecule has 0 saturated heterocycles. The molecule has 0 spiro atoms. The Hall–Kier alpha value is -2.99. The Labute approximate surface area is 217 Å². The van der Waals surface area contributed by atoms with Gasteiger partial charge >= 0.3 is 6.18 Å². The fraction of sp³-hybridized carbons (Fsp3) is 0.417. The number of ether oxygens (including phenoxy) is 1. The van der Waals surface area contributed by atoms with Gasteiger partial charge in [-0.25, -0.2) is 22.0 Å². The van der Waals surface area contributed by atoms with Gasteiger partial charge in [-0.1, -0.05) is 18.2 Å². The molecule has 0 aromatic heterocycles. The number of hydrogen-bond acceptors (Lipinski definition) is 7. The van der Waals surface area contributed by atoms with E-state index in [1.165, 1.54) is 25.3 Å². The number of nitriles is 1. The van der Waals surface area contributed by atoms with E-state index in [1.54, 1.807) is 0 Å². The monoisotopic (exact) mass is 571 g/mol. The molecule has 2 saturated carbocycles. The first-order valence-corrected chi connectivity index (χ1v) is 14.5. The van der Waals surface area contributed by atoms with Crippen molar-refractivity contribution in [2.75, 3.05) is 7.11 Å². The molecule has 1 amide bonds. The topological polar surface area (TPSA) is 156 Å². The van der Waals surface area contributed by atoms with Crippen LogP contribution in [0.15, 0.2) is 52.3 Å². The van der Waals surface area contributed by atoms with E-state index < -0.39 is 65.2 Å². The zero-order chi connectivity index (χ0) is 28.1. The minimum Gasteiger partial charge on any atom is -0.381 e. The SMILES string of the molecule is CO[C@@H]1C[C@H](S(=O)(=O)c2ccc(-c3ccc(S(N)(=O)=O)cc3)cc2C(F)(F)F)C[C@H]1C(=O)NC1(C#N)CC1. The molecule has 0 radical (unpaired) electrons. The van der Waals surface area contributed by atoms with Crippen LogP contribution in [-0.2, 0) is 35.6 Å². The van der Waals surface area contributed by atoms with Crippen molar-refractivity contribution in [2.24, 2.45) is 11.1 Å². The fourth-order valence-corrected chi connectivity index (χ4v) is 7.18. The molecule has 2 aliphatic rings. The van der Waals surface area contributed by atoms with E-state index in [1.807, 2.05) is 6.07 Å². The maximum absolute atomic E-state index is 14.1. The number of nitrogens with one attached hydrogen (secondary N) is 1. The summed E-state index contributed by atoms with van der Waals surface area (Å²) in [6.45, 7) is 0. The van der Waals surface area contributed by atoms with Crippen LogP contribution in [0.25, 0.3) is 11.1 Å². The normalized spacial score (nSPS) is 23.0. The molecular formula is C24H24F3N3O6S2. The number of alkyl halides is 3. The Morgan fingerprint density at radius 2 is 1.68 bits per heavy atom. The average Bonchev–Trinajstić information content (AvgIpc) is 3.48. The van der Waals surface area contributed by atoms with Crippen LogP contribution in [0.4, 0.5) is 13.2 Å². The lowest BCUT2D eigenvalue weighted by atomic mass is 10.0. The Morgan fingerprint density at radius 1 is 1.08 bits per heavy atom. The van der Waals surface area contributed by atoms with Crippen molar-refractivity contribution in [3.63, 3.8) is 0 Å². The number of sulfonamides is 1. The summed E-state index contributed by atoms with van der Waals surface area (Å²) >= 11 is 0. The van der Waals surface area contributed by atoms with Crippen molar-refractivity contribution in [3.8, 4) is 17.2 Å². The quantitative estimate of drug-likeness (QED) is 0.517. The van der Waals surface area contributed by atoms with E-state index in [9.17, 15) is 40.1 Å². The van der Waals surface area contributed by atoms with E-state index in [4.69, 9.17) is 9.88 Å². The number of nitrogens with two attached hydrogens (primary N) is 1. The van der Waals surface area contributed by atoms with E-state index >= 15 is 0 Å². The van der Waals surface area contributed by atoms with Crippen LogP contribution in [0, 0.1) is 17.2 Å². The van der Waals surface area contributed by atoms with Gasteiger partial charge in [0.15, 0.2) is 9.84 Å². The highest BCUT2D eigenvalue weighted by Crippen LogP contribution is 2.43. The van der Waals surface area contributed by atoms with Crippen LogP contribution in [0.5, 0.6) is 0 Å². The van der Waals surface area contributed by atoms with Crippen molar-refractivity contribution in [1.82, 2.24) is 5.32 Å². The lowest BCUT2D eigenvalue weighted by Gasteiger charge is -2.19. The summed E-state index contributed by atoms with van der Waals surface area (Å²) in [7, 11) is -7.28. The van der Waals surface area contributed by atoms with Gasteiger partial charge in [0.1, 0.15) is 5.54 Å². The number of benzene rings is 2. The highest BCUT2D eigenvalue weighted by Gasteiger charge is 2.51. The van der Waals surface area contributed by atoms with Gasteiger partial charge < -0.3 is 10.1 Å². The third-order valence-corrected chi connectivity index (χ3v) is 10.1. The summed E-state index contributed by atoms with van der Waals surface area (Å²) in [6.07, 6.45) is -5.40. The number of methoxy groups -OCH3 is 1. The minimum atomic E-state index is -5.03. The molecule has 204 valence electrons. The average molecular weight is 572 g/mol. The van der Waals surface area contributed by atoms with Gasteiger partial charge in [-0.15, -0.1) is 0 Å². The van der Waals surface area contributed by atoms with Gasteiger partial charge in [0.05, 0.1) is 38.7 Å². The molecule has 14 heteroatoms. The van der Waals surface area contributed by atoms with Crippen molar-refractivity contribution in [1.29, 1.82) is 5.26 Å². The molecule has 0 aliphatic heterocycles. The summed E-state index contributed by atoms with van der Waals surface area (Å²) in [5.74, 6) is -1.51. The molecule has 4 rings (SSSR count). The fourth-order valence-electron chi connectivity index (χ4n) is 4.66. The summed E-state index contributed by atoms with van der Waals surface area (Å²) in [5, 5.41) is 15.6. The predicted octanol–water partition coefficient (Wildman–Crippen LogP) is 2.76. The lowest BCUT2D eigenvalue weighted by Crippen LogP contribution is -2.42. The second-order valence-corrected chi connectivity index (χ2v) is 13.2. The summed E-state index contributed by atoms with van der Waals surface area (Å²) in [6, 6.07) is 9.56. The number of carbonyl (C=O) groups is 1. The minimum absolute atomic E-state index is 0.0157. The highest BCUT2D eigenvalue weighted by molar-refractivity contribution is 7.92. The number of primary sulfonamides is 1. The molecule has 3 N–H and O–H groups in total. The molecule has 0 bridgehead atoms. The highest BCUT2D eigenvalue weighted by atomic mass is 32.2. The number of rotatable bonds is 7. The van der Waals surface area contributed by atoms with Gasteiger partial charge in [0, 0.05) is 7.11 Å². The molecule has 9 nitrogen and oxygen atoms in total. The first kappa shape index (κ1) is 28.0. The van der Waals surface area contributed by atoms with Crippen LogP contribution in [0.1, 0.15) is 31.2 Å². The second-order valence-electron chi connectivity index (χ2n) is 9.48. The largest absolute Gasteiger partial charge is 0.417 e. The van der Waals surface area contributed by atoms with Crippen LogP contribution in [-0.4, -0.2) is 46.7 Å². The van der Waals surface area contributed by atoms with Crippen LogP contribution in [0.3, 0.4) is 0 Å². The first-order chi connectivity index (χ1) is 17.6. The Morgan fingerprint density at radius 3 is 2.18 bits per heavy atom. The van der Waals surface area contributed by atoms with Gasteiger partial charge in [-0.05, 0) is 61.1 Å². The maximum atomic E-state index is 14.1. The van der Waals surface area contributed by atoms with Gasteiger partial charge in [0.25, 0.3) is 0 Å². The molecule has 2 aromatic carbocycles. The van der Waals surface area contributed by atoms with Crippen molar-refractivity contribution < 1.29 is 39.5 Å². The van der Waals surface area contributed by atoms with Crippen LogP contribution >= 0.6 is 0 Å². The molecule has 2 aliphatic carbocycles. The van der Waals surface area contributed by atoms with Crippen molar-refractivity contribution >= 4 is 25.8 Å². The lowest BCUT2D eigenvalue weighted by molar-refractivity contribution is -0.139. The summed E-state index contributed by atoms with van der Waals surface area (Å²) in [5.41, 5.74) is -2.14. The third-order valence-electron chi connectivity index (χ3n) is 6.97. The molecule has 38 heavy (non-hydrogen) atoms. The maximum Gasteiger partial charge on any atom is 0.417 e. The predicted molar refractivity (Wildman–Crippen MR) is 128 cm³/mol. The summed E-state index contributed by atoms with van der Waals surface area (Å²) in [4.78, 5) is 11.6. The summed E-state index contributed by atoms with van der Waals surface area (Å²) < 4.78 is 97.4. The van der Waals surface area contributed by atoms with E-state index in [0.717, 1.165) is 18.2 Å². The third kappa shape index (κ3) is 5.42. The van der Waals surface area contributed by atoms with E-state index in [-0.39, 0.29) is 28.9 Å². The van der Waals surface area contributed by atoms with Crippen LogP contribution < -0.4 is 10.5 Å². The Kier molecular flexibility index (Phi) is 7.11. The zero-order valence-electron chi connectivity index (χ0n) is 20.0. The Balaban J connectivity index is 1.66. The van der Waals surface area contributed by atoms with Gasteiger partial charge in [0.2, 0.25) is 15.9 Å². The second kappa shape index (κ2) is 9.64. The molecule has 0 unspecified atom stereocenters. The van der Waals surface area contributed by atoms with Crippen LogP contribution in [0.2, 0.25) is 0 Å². The first-order valence-electron chi connectivity index (χ1n) is 11.5. The number of sulfone groups is 1. The number of nitrogens with zero attached hydrogens (tertiary/aromatic N) is 1.